The summed E-state index contributed by atoms with van der Waals surface area (Å²) >= 11 is 7.16. The van der Waals surface area contributed by atoms with Gasteiger partial charge in [-0.15, -0.1) is 11.3 Å². The molecular weight excluding hydrogens is 328 g/mol. The van der Waals surface area contributed by atoms with Gasteiger partial charge in [-0.25, -0.2) is 8.42 Å². The molecule has 1 saturated heterocycles. The van der Waals surface area contributed by atoms with Gasteiger partial charge < -0.3 is 5.32 Å². The van der Waals surface area contributed by atoms with Gasteiger partial charge in [0, 0.05) is 19.1 Å². The van der Waals surface area contributed by atoms with Crippen LogP contribution in [0.4, 0.5) is 0 Å². The lowest BCUT2D eigenvalue weighted by Crippen LogP contribution is -2.45. The summed E-state index contributed by atoms with van der Waals surface area (Å²) in [5.74, 6) is 0.864. The number of hydrogen-bond acceptors (Lipinski definition) is 4. The van der Waals surface area contributed by atoms with Gasteiger partial charge in [-0.1, -0.05) is 11.6 Å². The van der Waals surface area contributed by atoms with Crippen molar-refractivity contribution in [2.75, 3.05) is 19.6 Å². The minimum atomic E-state index is -3.37. The largest absolute Gasteiger partial charge is 0.314 e. The normalized spacial score (nSPS) is 21.8. The predicted octanol–water partition coefficient (Wildman–Crippen LogP) is 2.86. The summed E-state index contributed by atoms with van der Waals surface area (Å²) < 4.78 is 27.7. The summed E-state index contributed by atoms with van der Waals surface area (Å²) in [6.45, 7) is 4.13. The molecule has 1 aromatic rings. The van der Waals surface area contributed by atoms with Crippen LogP contribution in [0.25, 0.3) is 0 Å². The van der Waals surface area contributed by atoms with Crippen LogP contribution in [0.1, 0.15) is 31.2 Å². The van der Waals surface area contributed by atoms with Crippen LogP contribution in [0.15, 0.2) is 10.3 Å². The minimum Gasteiger partial charge on any atom is -0.314 e. The third-order valence-electron chi connectivity index (χ3n) is 4.27. The third kappa shape index (κ3) is 3.62. The number of hydrogen-bond donors (Lipinski definition) is 1. The maximum Gasteiger partial charge on any atom is 0.252 e. The fourth-order valence-corrected chi connectivity index (χ4v) is 5.97. The lowest BCUT2D eigenvalue weighted by atomic mass is 10.1. The van der Waals surface area contributed by atoms with E-state index >= 15 is 0 Å². The molecule has 21 heavy (non-hydrogen) atoms. The summed E-state index contributed by atoms with van der Waals surface area (Å²) in [6, 6.07) is 2.14. The second kappa shape index (κ2) is 6.16. The van der Waals surface area contributed by atoms with Gasteiger partial charge in [0.25, 0.3) is 10.0 Å². The number of nitrogens with zero attached hydrogens (tertiary/aromatic N) is 1. The highest BCUT2D eigenvalue weighted by molar-refractivity contribution is 7.91. The first kappa shape index (κ1) is 15.7. The Kier molecular flexibility index (Phi) is 4.62. The maximum absolute atomic E-state index is 12.6. The van der Waals surface area contributed by atoms with E-state index in [1.165, 1.54) is 12.8 Å². The van der Waals surface area contributed by atoms with E-state index in [-0.39, 0.29) is 0 Å². The molecule has 1 aliphatic carbocycles. The molecule has 0 bridgehead atoms. The molecule has 0 aromatic carbocycles. The topological polar surface area (TPSA) is 49.4 Å². The molecule has 1 N–H and O–H groups in total. The van der Waals surface area contributed by atoms with E-state index in [1.807, 2.05) is 6.92 Å². The summed E-state index contributed by atoms with van der Waals surface area (Å²) in [6.07, 6.45) is 4.48. The van der Waals surface area contributed by atoms with Crippen molar-refractivity contribution >= 4 is 33.0 Å². The first-order valence-electron chi connectivity index (χ1n) is 7.46. The van der Waals surface area contributed by atoms with Crippen molar-refractivity contribution in [3.8, 4) is 0 Å². The molecule has 2 aliphatic rings. The van der Waals surface area contributed by atoms with E-state index in [0.717, 1.165) is 42.2 Å². The van der Waals surface area contributed by atoms with Crippen LogP contribution in [-0.2, 0) is 10.0 Å². The van der Waals surface area contributed by atoms with Gasteiger partial charge in [0.05, 0.1) is 4.34 Å². The lowest BCUT2D eigenvalue weighted by Gasteiger charge is -2.31. The summed E-state index contributed by atoms with van der Waals surface area (Å²) in [5.41, 5.74) is 0.834. The first-order valence-corrected chi connectivity index (χ1v) is 10.1. The summed E-state index contributed by atoms with van der Waals surface area (Å²) in [4.78, 5) is 0. The Balaban J connectivity index is 1.59. The smallest absolute Gasteiger partial charge is 0.252 e. The van der Waals surface area contributed by atoms with Crippen molar-refractivity contribution in [3.63, 3.8) is 0 Å². The van der Waals surface area contributed by atoms with Crippen molar-refractivity contribution in [2.24, 2.45) is 5.92 Å². The highest BCUT2D eigenvalue weighted by atomic mass is 35.5. The number of halogens is 1. The molecule has 4 nitrogen and oxygen atoms in total. The number of nitrogens with one attached hydrogen (secondary N) is 1. The predicted molar refractivity (Wildman–Crippen MR) is 86.6 cm³/mol. The number of thiophene rings is 1. The Morgan fingerprint density at radius 2 is 2.00 bits per heavy atom. The quantitative estimate of drug-likeness (QED) is 0.890. The Bertz CT molecular complexity index is 583. The second-order valence-corrected chi connectivity index (χ2v) is 9.87. The SMILES string of the molecule is Cc1cc(S(=O)(=O)N2CCC(NCC3CC3)CC2)sc1Cl. The molecule has 0 atom stereocenters. The Hall–Kier alpha value is -0.140. The van der Waals surface area contributed by atoms with E-state index < -0.39 is 10.0 Å². The number of aryl methyl sites for hydroxylation is 1. The second-order valence-electron chi connectivity index (χ2n) is 6.05. The van der Waals surface area contributed by atoms with Gasteiger partial charge >= 0.3 is 0 Å². The number of rotatable bonds is 5. The molecular formula is C14H21ClN2O2S2. The van der Waals surface area contributed by atoms with Crippen molar-refractivity contribution in [2.45, 2.75) is 42.9 Å². The van der Waals surface area contributed by atoms with E-state index in [4.69, 9.17) is 11.6 Å². The molecule has 0 radical (unpaired) electrons. The van der Waals surface area contributed by atoms with Crippen molar-refractivity contribution < 1.29 is 8.42 Å². The van der Waals surface area contributed by atoms with Gasteiger partial charge in [0.15, 0.2) is 0 Å². The van der Waals surface area contributed by atoms with Gasteiger partial charge in [0.2, 0.25) is 0 Å². The maximum atomic E-state index is 12.6. The molecule has 0 spiro atoms. The van der Waals surface area contributed by atoms with E-state index in [9.17, 15) is 8.42 Å². The van der Waals surface area contributed by atoms with Crippen molar-refractivity contribution in [1.29, 1.82) is 0 Å². The third-order valence-corrected chi connectivity index (χ3v) is 8.18. The van der Waals surface area contributed by atoms with Crippen LogP contribution in [0.2, 0.25) is 4.34 Å². The molecule has 0 amide bonds. The molecule has 2 fully saturated rings. The molecule has 2 heterocycles. The standard InChI is InChI=1S/C14H21ClN2O2S2/c1-10-8-13(20-14(10)15)21(18,19)17-6-4-12(5-7-17)16-9-11-2-3-11/h8,11-12,16H,2-7,9H2,1H3. The molecule has 7 heteroatoms. The van der Waals surface area contributed by atoms with Crippen LogP contribution in [-0.4, -0.2) is 38.4 Å². The first-order chi connectivity index (χ1) is 9.96. The summed E-state index contributed by atoms with van der Waals surface area (Å²) in [5, 5.41) is 3.57. The van der Waals surface area contributed by atoms with E-state index in [0.29, 0.717) is 27.7 Å². The van der Waals surface area contributed by atoms with Crippen LogP contribution >= 0.6 is 22.9 Å². The van der Waals surface area contributed by atoms with Crippen molar-refractivity contribution in [3.05, 3.63) is 16.0 Å². The summed E-state index contributed by atoms with van der Waals surface area (Å²) in [7, 11) is -3.37. The van der Waals surface area contributed by atoms with Crippen LogP contribution < -0.4 is 5.32 Å². The van der Waals surface area contributed by atoms with Crippen LogP contribution in [0.3, 0.4) is 0 Å². The highest BCUT2D eigenvalue weighted by Gasteiger charge is 2.31. The van der Waals surface area contributed by atoms with E-state index in [1.54, 1.807) is 10.4 Å². The van der Waals surface area contributed by atoms with Crippen molar-refractivity contribution in [1.82, 2.24) is 9.62 Å². The molecule has 1 aromatic heterocycles. The highest BCUT2D eigenvalue weighted by Crippen LogP contribution is 2.33. The average molecular weight is 349 g/mol. The van der Waals surface area contributed by atoms with Gasteiger partial charge in [-0.05, 0) is 56.7 Å². The van der Waals surface area contributed by atoms with E-state index in [2.05, 4.69) is 5.32 Å². The average Bonchev–Trinajstić information content (AvgIpc) is 3.23. The molecule has 1 aliphatic heterocycles. The lowest BCUT2D eigenvalue weighted by molar-refractivity contribution is 0.288. The Morgan fingerprint density at radius 1 is 1.33 bits per heavy atom. The zero-order chi connectivity index (χ0) is 15.0. The fourth-order valence-electron chi connectivity index (χ4n) is 2.64. The molecule has 118 valence electrons. The Morgan fingerprint density at radius 3 is 2.52 bits per heavy atom. The van der Waals surface area contributed by atoms with Crippen LogP contribution in [0.5, 0.6) is 0 Å². The molecule has 1 saturated carbocycles. The molecule has 3 rings (SSSR count). The number of piperidine rings is 1. The van der Waals surface area contributed by atoms with Gasteiger partial charge in [-0.3, -0.25) is 0 Å². The Labute approximate surface area is 135 Å². The van der Waals surface area contributed by atoms with Crippen LogP contribution in [0, 0.1) is 12.8 Å². The molecule has 0 unspecified atom stereocenters. The van der Waals surface area contributed by atoms with Gasteiger partial charge in [-0.2, -0.15) is 4.31 Å². The fraction of sp³-hybridized carbons (Fsp3) is 0.714. The number of sulfonamides is 1. The monoisotopic (exact) mass is 348 g/mol. The van der Waals surface area contributed by atoms with Gasteiger partial charge in [0.1, 0.15) is 4.21 Å². The zero-order valence-corrected chi connectivity index (χ0v) is 14.5. The zero-order valence-electron chi connectivity index (χ0n) is 12.1. The minimum absolute atomic E-state index is 0.370.